The Labute approximate surface area is 371 Å². The molecule has 0 unspecified atom stereocenters. The summed E-state index contributed by atoms with van der Waals surface area (Å²) >= 11 is 5.41. The van der Waals surface area contributed by atoms with E-state index in [1.807, 2.05) is 80.1 Å². The molecule has 0 aliphatic carbocycles. The lowest BCUT2D eigenvalue weighted by atomic mass is 10.1. The number of hydrogen-bond acceptors (Lipinski definition) is 6. The molecule has 6 aromatic heterocycles. The van der Waals surface area contributed by atoms with Crippen LogP contribution in [-0.2, 0) is 0 Å². The van der Waals surface area contributed by atoms with Crippen LogP contribution in [0.1, 0.15) is 121 Å². The van der Waals surface area contributed by atoms with Gasteiger partial charge in [0.05, 0.1) is 18.8 Å². The Morgan fingerprint density at radius 2 is 0.831 bits per heavy atom. The van der Waals surface area contributed by atoms with Crippen LogP contribution in [0.25, 0.3) is 0 Å². The Morgan fingerprint density at radius 3 is 0.983 bits per heavy atom. The van der Waals surface area contributed by atoms with Gasteiger partial charge in [-0.25, -0.2) is 0 Å². The van der Waals surface area contributed by atoms with Gasteiger partial charge in [-0.3, -0.25) is 0 Å². The van der Waals surface area contributed by atoms with E-state index in [-0.39, 0.29) is 0 Å². The van der Waals surface area contributed by atoms with Crippen molar-refractivity contribution in [2.24, 2.45) is 0 Å². The first-order valence-electron chi connectivity index (χ1n) is 20.4. The molecular formula is C52H72O3S3Si. The topological polar surface area (TPSA) is 39.4 Å². The minimum atomic E-state index is -1.62. The van der Waals surface area contributed by atoms with Gasteiger partial charge in [0.25, 0.3) is 0 Å². The lowest BCUT2D eigenvalue weighted by Gasteiger charge is -2.31. The minimum absolute atomic E-state index is 1.01. The summed E-state index contributed by atoms with van der Waals surface area (Å²) in [5.74, 6) is 3.11. The molecule has 0 aromatic carbocycles. The molecule has 2 aliphatic rings. The highest BCUT2D eigenvalue weighted by Crippen LogP contribution is 2.52. The van der Waals surface area contributed by atoms with Gasteiger partial charge >= 0.3 is 0 Å². The van der Waals surface area contributed by atoms with Crippen molar-refractivity contribution in [3.8, 4) is 0 Å². The monoisotopic (exact) mass is 868 g/mol. The Bertz CT molecular complexity index is 1990. The van der Waals surface area contributed by atoms with Crippen LogP contribution in [0.3, 0.4) is 0 Å². The number of rotatable bonds is 0. The van der Waals surface area contributed by atoms with Gasteiger partial charge in [-0.05, 0) is 212 Å². The van der Waals surface area contributed by atoms with Crippen LogP contribution in [-0.4, -0.2) is 8.07 Å². The second kappa shape index (κ2) is 23.8. The highest BCUT2D eigenvalue weighted by molar-refractivity contribution is 7.12. The molecule has 0 radical (unpaired) electrons. The molecule has 320 valence electrons. The van der Waals surface area contributed by atoms with Crippen molar-refractivity contribution in [3.63, 3.8) is 0 Å². The maximum Gasteiger partial charge on any atom is 0.163 e. The number of hydrogen-bond donors (Lipinski definition) is 0. The molecule has 2 aliphatic heterocycles. The lowest BCUT2D eigenvalue weighted by molar-refractivity contribution is 0.501. The molecule has 0 N–H and O–H groups in total. The largest absolute Gasteiger partial charge is 0.473 e. The number of furan rings is 3. The number of thiophene rings is 3. The fraction of sp³-hybridized carbons (Fsp3) is 0.385. The normalized spacial score (nSPS) is 13.6. The highest BCUT2D eigenvalue weighted by atomic mass is 32.1. The molecule has 8 heterocycles. The van der Waals surface area contributed by atoms with Gasteiger partial charge in [-0.15, -0.1) is 22.7 Å². The molecule has 7 heteroatoms. The molecule has 0 atom stereocenters. The quantitative estimate of drug-likeness (QED) is 0.143. The Morgan fingerprint density at radius 1 is 0.407 bits per heavy atom. The predicted molar refractivity (Wildman–Crippen MR) is 265 cm³/mol. The molecule has 0 fully saturated rings. The first-order valence-corrected chi connectivity index (χ1v) is 25.0. The van der Waals surface area contributed by atoms with E-state index in [9.17, 15) is 0 Å². The zero-order chi connectivity index (χ0) is 44.8. The third kappa shape index (κ3) is 13.1. The van der Waals surface area contributed by atoms with E-state index in [4.69, 9.17) is 8.83 Å². The summed E-state index contributed by atoms with van der Waals surface area (Å²) in [6.45, 7) is 43.9. The Balaban J connectivity index is 0.000000249. The van der Waals surface area contributed by atoms with Crippen LogP contribution >= 0.6 is 34.0 Å². The fourth-order valence-corrected chi connectivity index (χ4v) is 15.7. The first-order chi connectivity index (χ1) is 27.6. The van der Waals surface area contributed by atoms with Crippen LogP contribution in [0.2, 0.25) is 0 Å². The van der Waals surface area contributed by atoms with Gasteiger partial charge in [0, 0.05) is 14.6 Å². The molecule has 59 heavy (non-hydrogen) atoms. The van der Waals surface area contributed by atoms with E-state index >= 15 is 0 Å². The van der Waals surface area contributed by atoms with Crippen LogP contribution in [0.4, 0.5) is 0 Å². The molecule has 8 rings (SSSR count). The van der Waals surface area contributed by atoms with Crippen LogP contribution in [0.5, 0.6) is 0 Å². The summed E-state index contributed by atoms with van der Waals surface area (Å²) < 4.78 is 14.9. The molecule has 0 amide bonds. The van der Waals surface area contributed by atoms with E-state index in [2.05, 4.69) is 127 Å². The van der Waals surface area contributed by atoms with Crippen molar-refractivity contribution in [2.75, 3.05) is 0 Å². The number of allylic oxidation sites excluding steroid dienone is 8. The van der Waals surface area contributed by atoms with Gasteiger partial charge in [0.2, 0.25) is 0 Å². The molecule has 0 bridgehead atoms. The van der Waals surface area contributed by atoms with Crippen molar-refractivity contribution in [3.05, 3.63) is 180 Å². The second-order valence-corrected chi connectivity index (χ2v) is 23.5. The van der Waals surface area contributed by atoms with Crippen LogP contribution < -0.4 is 0 Å². The molecule has 1 spiro atoms. The average molecular weight is 869 g/mol. The van der Waals surface area contributed by atoms with E-state index in [0.29, 0.717) is 0 Å². The summed E-state index contributed by atoms with van der Waals surface area (Å²) in [4.78, 5) is 4.36. The lowest BCUT2D eigenvalue weighted by Crippen LogP contribution is -2.39. The van der Waals surface area contributed by atoms with E-state index in [1.54, 1.807) is 84.5 Å². The third-order valence-corrected chi connectivity index (χ3v) is 21.4. The van der Waals surface area contributed by atoms with Crippen molar-refractivity contribution in [2.45, 2.75) is 138 Å². The van der Waals surface area contributed by atoms with Crippen molar-refractivity contribution >= 4 is 42.1 Å². The maximum atomic E-state index is 5.34. The summed E-state index contributed by atoms with van der Waals surface area (Å²) in [6, 6.07) is 11.8. The summed E-state index contributed by atoms with van der Waals surface area (Å²) in [5.41, 5.74) is 14.3. The summed E-state index contributed by atoms with van der Waals surface area (Å²) in [7, 11) is -1.62. The Kier molecular flexibility index (Phi) is 20.7. The molecule has 0 saturated heterocycles. The van der Waals surface area contributed by atoms with Gasteiger partial charge in [0.15, 0.2) is 8.07 Å². The highest BCUT2D eigenvalue weighted by Gasteiger charge is 2.50. The minimum Gasteiger partial charge on any atom is -0.473 e. The SMILES string of the molecule is CC1=C(C)[Si]2(C(C)=C1C)C(C)=C(C)C(C)=C2C.Cc1ccoc1C.Cc1ccsc1C.Cc1oc(C)c(C)c1C.Cc1sc(C)c(C)c1C.c1ccoc1.c1ccsc1. The first kappa shape index (κ1) is 51.3. The van der Waals surface area contributed by atoms with Crippen LogP contribution in [0, 0.1) is 83.1 Å². The van der Waals surface area contributed by atoms with Crippen molar-refractivity contribution < 1.29 is 13.3 Å². The summed E-state index contributed by atoms with van der Waals surface area (Å²) in [5, 5.41) is 12.9. The second-order valence-electron chi connectivity index (χ2n) is 15.6. The standard InChI is InChI=1S/C16H24Si.C8H12O.C8H12S.C6H8O.C6H8S.C4H4O.C4H4S/c1-9-10(2)14(6)17(13(9)5)15(7)11(3)12(4)16(17)8;2*1-5-6(2)8(4)9-7(5)3;2*1-5-3-4-7-6(5)2;2*1-2-4-5-3-1/h1-8H3;2*1-4H3;2*3-4H,1-2H3;2*1-4H. The molecule has 6 aromatic rings. The zero-order valence-electron chi connectivity index (χ0n) is 39.9. The molecular weight excluding hydrogens is 797 g/mol. The van der Waals surface area contributed by atoms with E-state index < -0.39 is 8.07 Å². The van der Waals surface area contributed by atoms with Gasteiger partial charge in [-0.1, -0.05) is 55.2 Å². The predicted octanol–water partition coefficient (Wildman–Crippen LogP) is 17.7. The van der Waals surface area contributed by atoms with Crippen molar-refractivity contribution in [1.82, 2.24) is 0 Å². The van der Waals surface area contributed by atoms with E-state index in [0.717, 1.165) is 17.3 Å². The number of aryl methyl sites for hydroxylation is 8. The van der Waals surface area contributed by atoms with E-state index in [1.165, 1.54) is 48.0 Å². The summed E-state index contributed by atoms with van der Waals surface area (Å²) in [6.07, 6.45) is 4.95. The average Bonchev–Trinajstić information content (AvgIpc) is 4.12. The smallest absolute Gasteiger partial charge is 0.163 e. The van der Waals surface area contributed by atoms with Gasteiger partial charge < -0.3 is 13.3 Å². The zero-order valence-corrected chi connectivity index (χ0v) is 43.3. The molecule has 0 saturated carbocycles. The van der Waals surface area contributed by atoms with Gasteiger partial charge in [0.1, 0.15) is 17.3 Å². The fourth-order valence-electron chi connectivity index (χ4n) is 7.11. The van der Waals surface area contributed by atoms with Crippen molar-refractivity contribution in [1.29, 1.82) is 0 Å². The Hall–Kier alpha value is -3.88. The molecule has 3 nitrogen and oxygen atoms in total. The maximum absolute atomic E-state index is 5.34. The third-order valence-electron chi connectivity index (χ3n) is 12.6. The van der Waals surface area contributed by atoms with Gasteiger partial charge in [-0.2, -0.15) is 11.3 Å². The van der Waals surface area contributed by atoms with Crippen LogP contribution in [0.15, 0.2) is 128 Å².